The highest BCUT2D eigenvalue weighted by molar-refractivity contribution is 5.33. The van der Waals surface area contributed by atoms with E-state index in [1.165, 1.54) is 48.2 Å². The quantitative estimate of drug-likeness (QED) is 0.761. The molecule has 2 saturated heterocycles. The van der Waals surface area contributed by atoms with Crippen LogP contribution in [-0.2, 0) is 17.8 Å². The molecule has 0 bridgehead atoms. The molecule has 0 spiro atoms. The molecule has 0 unspecified atom stereocenters. The zero-order valence-electron chi connectivity index (χ0n) is 17.5. The number of hydrogen-bond acceptors (Lipinski definition) is 3. The molecule has 2 heterocycles. The Morgan fingerprint density at radius 3 is 2.18 bits per heavy atom. The maximum Gasteiger partial charge on any atom is 0.0594 e. The van der Waals surface area contributed by atoms with Gasteiger partial charge in [-0.25, -0.2) is 0 Å². The Balaban J connectivity index is 1.36. The van der Waals surface area contributed by atoms with E-state index in [2.05, 4.69) is 66.1 Å². The van der Waals surface area contributed by atoms with Gasteiger partial charge in [0.15, 0.2) is 0 Å². The Bertz CT molecular complexity index is 774. The molecular formula is C25H34N2O. The van der Waals surface area contributed by atoms with Crippen LogP contribution in [0, 0.1) is 13.8 Å². The Labute approximate surface area is 170 Å². The van der Waals surface area contributed by atoms with E-state index in [-0.39, 0.29) is 0 Å². The minimum atomic E-state index is 0.706. The largest absolute Gasteiger partial charge is 0.379 e. The molecular weight excluding hydrogens is 344 g/mol. The average molecular weight is 379 g/mol. The molecule has 3 nitrogen and oxygen atoms in total. The van der Waals surface area contributed by atoms with Crippen molar-refractivity contribution in [3.05, 3.63) is 70.3 Å². The number of piperidine rings is 1. The second-order valence-electron chi connectivity index (χ2n) is 8.55. The lowest BCUT2D eigenvalue weighted by Crippen LogP contribution is -2.36. The lowest BCUT2D eigenvalue weighted by atomic mass is 9.87. The van der Waals surface area contributed by atoms with E-state index in [9.17, 15) is 0 Å². The molecule has 0 atom stereocenters. The second kappa shape index (κ2) is 9.21. The summed E-state index contributed by atoms with van der Waals surface area (Å²) in [5.74, 6) is 0.706. The second-order valence-corrected chi connectivity index (χ2v) is 8.55. The van der Waals surface area contributed by atoms with Crippen molar-refractivity contribution in [2.75, 3.05) is 39.4 Å². The van der Waals surface area contributed by atoms with E-state index in [0.717, 1.165) is 39.4 Å². The van der Waals surface area contributed by atoms with Gasteiger partial charge in [-0.05, 0) is 73.5 Å². The summed E-state index contributed by atoms with van der Waals surface area (Å²) in [4.78, 5) is 5.15. The SMILES string of the molecule is Cc1ccc(C2CCN(Cc3ccccc3C)CC2)cc1CN1CCOCC1. The summed E-state index contributed by atoms with van der Waals surface area (Å²) >= 11 is 0. The molecule has 2 aromatic carbocycles. The van der Waals surface area contributed by atoms with Crippen LogP contribution >= 0.6 is 0 Å². The van der Waals surface area contributed by atoms with Crippen LogP contribution in [0.25, 0.3) is 0 Å². The highest BCUT2D eigenvalue weighted by atomic mass is 16.5. The topological polar surface area (TPSA) is 15.7 Å². The van der Waals surface area contributed by atoms with Gasteiger partial charge in [-0.2, -0.15) is 0 Å². The third-order valence-electron chi connectivity index (χ3n) is 6.59. The maximum absolute atomic E-state index is 5.50. The van der Waals surface area contributed by atoms with E-state index < -0.39 is 0 Å². The van der Waals surface area contributed by atoms with Gasteiger partial charge in [-0.1, -0.05) is 42.5 Å². The molecule has 0 N–H and O–H groups in total. The third kappa shape index (κ3) is 4.83. The van der Waals surface area contributed by atoms with Crippen LogP contribution in [0.1, 0.15) is 46.6 Å². The smallest absolute Gasteiger partial charge is 0.0594 e. The van der Waals surface area contributed by atoms with Crippen LogP contribution in [0.5, 0.6) is 0 Å². The number of nitrogens with zero attached hydrogens (tertiary/aromatic N) is 2. The first-order valence-corrected chi connectivity index (χ1v) is 10.9. The van der Waals surface area contributed by atoms with E-state index >= 15 is 0 Å². The molecule has 0 saturated carbocycles. The van der Waals surface area contributed by atoms with E-state index in [1.807, 2.05) is 0 Å². The number of ether oxygens (including phenoxy) is 1. The van der Waals surface area contributed by atoms with Gasteiger partial charge in [-0.15, -0.1) is 0 Å². The predicted octanol–water partition coefficient (Wildman–Crippen LogP) is 4.52. The summed E-state index contributed by atoms with van der Waals surface area (Å²) in [7, 11) is 0. The van der Waals surface area contributed by atoms with Gasteiger partial charge in [0.2, 0.25) is 0 Å². The number of benzene rings is 2. The van der Waals surface area contributed by atoms with E-state index in [1.54, 1.807) is 5.56 Å². The van der Waals surface area contributed by atoms with Gasteiger partial charge in [0, 0.05) is 26.2 Å². The summed E-state index contributed by atoms with van der Waals surface area (Å²) in [5, 5.41) is 0. The molecule has 0 amide bonds. The molecule has 0 aliphatic carbocycles. The number of aryl methyl sites for hydroxylation is 2. The fraction of sp³-hybridized carbons (Fsp3) is 0.520. The Kier molecular flexibility index (Phi) is 6.46. The summed E-state index contributed by atoms with van der Waals surface area (Å²) in [6.45, 7) is 12.9. The van der Waals surface area contributed by atoms with Gasteiger partial charge in [-0.3, -0.25) is 9.80 Å². The Morgan fingerprint density at radius 2 is 1.43 bits per heavy atom. The van der Waals surface area contributed by atoms with Crippen molar-refractivity contribution in [3.8, 4) is 0 Å². The summed E-state index contributed by atoms with van der Waals surface area (Å²) in [5.41, 5.74) is 7.36. The number of hydrogen-bond donors (Lipinski definition) is 0. The molecule has 2 fully saturated rings. The summed E-state index contributed by atoms with van der Waals surface area (Å²) in [6, 6.07) is 16.0. The van der Waals surface area contributed by atoms with E-state index in [0.29, 0.717) is 5.92 Å². The molecule has 3 heteroatoms. The fourth-order valence-electron chi connectivity index (χ4n) is 4.57. The van der Waals surface area contributed by atoms with Gasteiger partial charge < -0.3 is 4.74 Å². The predicted molar refractivity (Wildman–Crippen MR) is 116 cm³/mol. The molecule has 150 valence electrons. The first-order chi connectivity index (χ1) is 13.7. The third-order valence-corrected chi connectivity index (χ3v) is 6.59. The van der Waals surface area contributed by atoms with Crippen molar-refractivity contribution < 1.29 is 4.74 Å². The number of rotatable bonds is 5. The molecule has 0 radical (unpaired) electrons. The minimum Gasteiger partial charge on any atom is -0.379 e. The first kappa shape index (κ1) is 19.6. The molecule has 2 aliphatic rings. The average Bonchev–Trinajstić information content (AvgIpc) is 2.73. The molecule has 28 heavy (non-hydrogen) atoms. The van der Waals surface area contributed by atoms with Gasteiger partial charge in [0.1, 0.15) is 0 Å². The zero-order valence-corrected chi connectivity index (χ0v) is 17.5. The highest BCUT2D eigenvalue weighted by Crippen LogP contribution is 2.30. The van der Waals surface area contributed by atoms with Crippen molar-refractivity contribution in [2.24, 2.45) is 0 Å². The van der Waals surface area contributed by atoms with Crippen LogP contribution in [0.3, 0.4) is 0 Å². The maximum atomic E-state index is 5.50. The number of morpholine rings is 1. The Morgan fingerprint density at radius 1 is 0.786 bits per heavy atom. The van der Waals surface area contributed by atoms with Crippen molar-refractivity contribution in [1.82, 2.24) is 9.80 Å². The monoisotopic (exact) mass is 378 g/mol. The van der Waals surface area contributed by atoms with Crippen molar-refractivity contribution in [1.29, 1.82) is 0 Å². The van der Waals surface area contributed by atoms with Crippen LogP contribution < -0.4 is 0 Å². The van der Waals surface area contributed by atoms with Crippen LogP contribution in [-0.4, -0.2) is 49.2 Å². The normalized spacial score (nSPS) is 19.8. The highest BCUT2D eigenvalue weighted by Gasteiger charge is 2.22. The number of likely N-dealkylation sites (tertiary alicyclic amines) is 1. The van der Waals surface area contributed by atoms with Gasteiger partial charge >= 0.3 is 0 Å². The molecule has 2 aromatic rings. The van der Waals surface area contributed by atoms with Crippen LogP contribution in [0.4, 0.5) is 0 Å². The van der Waals surface area contributed by atoms with E-state index in [4.69, 9.17) is 4.74 Å². The van der Waals surface area contributed by atoms with Gasteiger partial charge in [0.05, 0.1) is 13.2 Å². The molecule has 0 aromatic heterocycles. The summed E-state index contributed by atoms with van der Waals surface area (Å²) < 4.78 is 5.50. The van der Waals surface area contributed by atoms with Crippen molar-refractivity contribution >= 4 is 0 Å². The van der Waals surface area contributed by atoms with Crippen molar-refractivity contribution in [3.63, 3.8) is 0 Å². The van der Waals surface area contributed by atoms with Gasteiger partial charge in [0.25, 0.3) is 0 Å². The lowest BCUT2D eigenvalue weighted by molar-refractivity contribution is 0.0341. The van der Waals surface area contributed by atoms with Crippen LogP contribution in [0.2, 0.25) is 0 Å². The zero-order chi connectivity index (χ0) is 19.3. The first-order valence-electron chi connectivity index (χ1n) is 10.9. The Hall–Kier alpha value is -1.68. The molecule has 2 aliphatic heterocycles. The summed E-state index contributed by atoms with van der Waals surface area (Å²) in [6.07, 6.45) is 2.54. The lowest BCUT2D eigenvalue weighted by Gasteiger charge is -2.33. The van der Waals surface area contributed by atoms with Crippen molar-refractivity contribution in [2.45, 2.75) is 45.7 Å². The van der Waals surface area contributed by atoms with Crippen LogP contribution in [0.15, 0.2) is 42.5 Å². The standard InChI is InChI=1S/C25H34N2O/c1-20-5-3-4-6-24(20)18-26-11-9-22(10-12-26)23-8-7-21(2)25(17-23)19-27-13-15-28-16-14-27/h3-8,17,22H,9-16,18-19H2,1-2H3. The molecule has 4 rings (SSSR count). The fourth-order valence-corrected chi connectivity index (χ4v) is 4.57. The minimum absolute atomic E-state index is 0.706.